The molecule has 11 nitrogen and oxygen atoms in total. The van der Waals surface area contributed by atoms with Crippen molar-refractivity contribution in [2.75, 3.05) is 13.2 Å². The molecule has 110 valence electrons. The van der Waals surface area contributed by atoms with Crippen molar-refractivity contribution in [2.45, 2.75) is 13.1 Å². The molecule has 20 heavy (non-hydrogen) atoms. The van der Waals surface area contributed by atoms with Crippen molar-refractivity contribution in [1.82, 2.24) is 25.6 Å². The van der Waals surface area contributed by atoms with E-state index in [0.29, 0.717) is 5.69 Å². The van der Waals surface area contributed by atoms with Gasteiger partial charge in [0.2, 0.25) is 0 Å². The molecule has 11 heteroatoms. The summed E-state index contributed by atoms with van der Waals surface area (Å²) in [5.74, 6) is -1.04. The molecule has 0 atom stereocenters. The van der Waals surface area contributed by atoms with E-state index in [4.69, 9.17) is 10.8 Å². The van der Waals surface area contributed by atoms with E-state index in [1.54, 1.807) is 0 Å². The number of hydrogen-bond acceptors (Lipinski definition) is 6. The van der Waals surface area contributed by atoms with Crippen molar-refractivity contribution in [3.63, 3.8) is 0 Å². The minimum Gasteiger partial charge on any atom is -0.480 e. The van der Waals surface area contributed by atoms with E-state index >= 15 is 0 Å². The summed E-state index contributed by atoms with van der Waals surface area (Å²) in [6.45, 7) is -0.135. The number of carbonyl (C=O) groups excluding carboxylic acids is 2. The Kier molecular flexibility index (Phi) is 5.75. The molecule has 0 aliphatic rings. The van der Waals surface area contributed by atoms with Crippen LogP contribution in [0.1, 0.15) is 5.69 Å². The van der Waals surface area contributed by atoms with Crippen molar-refractivity contribution in [3.8, 4) is 0 Å². The lowest BCUT2D eigenvalue weighted by molar-refractivity contribution is -0.137. The van der Waals surface area contributed by atoms with Crippen LogP contribution in [-0.4, -0.2) is 51.3 Å². The molecular formula is C9H14N6O5. The zero-order valence-corrected chi connectivity index (χ0v) is 10.4. The minimum absolute atomic E-state index is 0.0302. The number of nitrogens with two attached hydrogens (primary N) is 1. The smallest absolute Gasteiger partial charge is 0.404 e. The number of carbonyl (C=O) groups is 3. The highest BCUT2D eigenvalue weighted by Gasteiger charge is 2.06. The Morgan fingerprint density at radius 3 is 2.80 bits per heavy atom. The lowest BCUT2D eigenvalue weighted by Crippen LogP contribution is -2.37. The quantitative estimate of drug-likeness (QED) is 0.432. The molecule has 0 saturated carbocycles. The fourth-order valence-electron chi connectivity index (χ4n) is 1.18. The fourth-order valence-corrected chi connectivity index (χ4v) is 1.18. The predicted molar refractivity (Wildman–Crippen MR) is 63.4 cm³/mol. The van der Waals surface area contributed by atoms with Crippen LogP contribution >= 0.6 is 0 Å². The lowest BCUT2D eigenvalue weighted by atomic mass is 10.5. The molecular weight excluding hydrogens is 272 g/mol. The average molecular weight is 286 g/mol. The van der Waals surface area contributed by atoms with Gasteiger partial charge < -0.3 is 26.2 Å². The third-order valence-electron chi connectivity index (χ3n) is 1.95. The Bertz CT molecular complexity index is 487. The summed E-state index contributed by atoms with van der Waals surface area (Å²) in [6, 6.07) is -0.495. The summed E-state index contributed by atoms with van der Waals surface area (Å²) in [5.41, 5.74) is 5.14. The minimum atomic E-state index is -1.04. The molecule has 0 bridgehead atoms. The molecule has 5 N–H and O–H groups in total. The van der Waals surface area contributed by atoms with Crippen LogP contribution in [0.4, 0.5) is 9.59 Å². The van der Waals surface area contributed by atoms with Gasteiger partial charge in [0.1, 0.15) is 18.8 Å². The van der Waals surface area contributed by atoms with E-state index in [0.717, 1.165) is 4.68 Å². The van der Waals surface area contributed by atoms with Gasteiger partial charge in [-0.25, -0.2) is 14.3 Å². The monoisotopic (exact) mass is 286 g/mol. The zero-order valence-electron chi connectivity index (χ0n) is 10.4. The molecule has 0 aromatic carbocycles. The number of carboxylic acids is 1. The molecule has 3 amide bonds. The first-order valence-corrected chi connectivity index (χ1v) is 5.52. The van der Waals surface area contributed by atoms with Gasteiger partial charge in [-0.2, -0.15) is 0 Å². The number of hydrogen-bond donors (Lipinski definition) is 4. The largest absolute Gasteiger partial charge is 0.480 e. The maximum Gasteiger partial charge on any atom is 0.404 e. The van der Waals surface area contributed by atoms with E-state index in [2.05, 4.69) is 25.7 Å². The van der Waals surface area contributed by atoms with Gasteiger partial charge in [0.15, 0.2) is 0 Å². The van der Waals surface area contributed by atoms with Gasteiger partial charge in [0.25, 0.3) is 0 Å². The van der Waals surface area contributed by atoms with E-state index in [1.165, 1.54) is 6.20 Å². The summed E-state index contributed by atoms with van der Waals surface area (Å²) >= 11 is 0. The Hall–Kier alpha value is -2.85. The second-order valence-electron chi connectivity index (χ2n) is 3.58. The SMILES string of the molecule is NC(=O)OCCNC(=O)NCc1cn(CC(=O)O)nn1. The van der Waals surface area contributed by atoms with Crippen molar-refractivity contribution in [3.05, 3.63) is 11.9 Å². The number of urea groups is 1. The summed E-state index contributed by atoms with van der Waals surface area (Å²) < 4.78 is 5.55. The second kappa shape index (κ2) is 7.56. The number of nitrogens with zero attached hydrogens (tertiary/aromatic N) is 3. The van der Waals surface area contributed by atoms with Crippen LogP contribution < -0.4 is 16.4 Å². The molecule has 0 unspecified atom stereocenters. The first-order valence-electron chi connectivity index (χ1n) is 5.52. The highest BCUT2D eigenvalue weighted by Crippen LogP contribution is 1.92. The maximum absolute atomic E-state index is 11.3. The van der Waals surface area contributed by atoms with Crippen molar-refractivity contribution in [2.24, 2.45) is 5.73 Å². The maximum atomic E-state index is 11.3. The van der Waals surface area contributed by atoms with Gasteiger partial charge in [-0.3, -0.25) is 4.79 Å². The van der Waals surface area contributed by atoms with Crippen LogP contribution in [0.3, 0.4) is 0 Å². The molecule has 1 aromatic heterocycles. The molecule has 1 heterocycles. The zero-order chi connectivity index (χ0) is 15.0. The van der Waals surface area contributed by atoms with Crippen LogP contribution in [0.2, 0.25) is 0 Å². The van der Waals surface area contributed by atoms with E-state index in [9.17, 15) is 14.4 Å². The number of amides is 3. The van der Waals surface area contributed by atoms with E-state index in [1.807, 2.05) is 0 Å². The van der Waals surface area contributed by atoms with Gasteiger partial charge in [-0.1, -0.05) is 5.21 Å². The van der Waals surface area contributed by atoms with E-state index < -0.39 is 18.1 Å². The normalized spacial score (nSPS) is 9.80. The Morgan fingerprint density at radius 2 is 2.15 bits per heavy atom. The van der Waals surface area contributed by atoms with Gasteiger partial charge in [-0.15, -0.1) is 5.10 Å². The molecule has 0 fully saturated rings. The number of ether oxygens (including phenoxy) is 1. The summed E-state index contributed by atoms with van der Waals surface area (Å²) in [4.78, 5) is 32.0. The second-order valence-corrected chi connectivity index (χ2v) is 3.58. The number of primary amides is 1. The molecule has 0 aliphatic heterocycles. The van der Waals surface area contributed by atoms with Gasteiger partial charge in [0, 0.05) is 0 Å². The molecule has 1 aromatic rings. The topological polar surface area (TPSA) is 161 Å². The molecule has 0 spiro atoms. The van der Waals surface area contributed by atoms with Gasteiger partial charge in [-0.05, 0) is 0 Å². The van der Waals surface area contributed by atoms with Crippen LogP contribution in [0, 0.1) is 0 Å². The number of nitrogens with one attached hydrogen (secondary N) is 2. The number of aliphatic carboxylic acids is 1. The van der Waals surface area contributed by atoms with Crippen molar-refractivity contribution in [1.29, 1.82) is 0 Å². The third-order valence-corrected chi connectivity index (χ3v) is 1.95. The number of aromatic nitrogens is 3. The average Bonchev–Trinajstić information content (AvgIpc) is 2.78. The first-order chi connectivity index (χ1) is 9.47. The summed E-state index contributed by atoms with van der Waals surface area (Å²) in [6.07, 6.45) is 0.493. The molecule has 0 saturated heterocycles. The first kappa shape index (κ1) is 15.2. The van der Waals surface area contributed by atoms with E-state index in [-0.39, 0.29) is 26.2 Å². The van der Waals surface area contributed by atoms with Gasteiger partial charge in [0.05, 0.1) is 19.3 Å². The van der Waals surface area contributed by atoms with Crippen LogP contribution in [0.25, 0.3) is 0 Å². The predicted octanol–water partition coefficient (Wildman–Crippen LogP) is -1.74. The summed E-state index contributed by atoms with van der Waals surface area (Å²) in [5, 5.41) is 20.7. The highest BCUT2D eigenvalue weighted by molar-refractivity contribution is 5.73. The number of carboxylic acid groups (broad SMARTS) is 1. The Labute approximate surface area is 113 Å². The third kappa shape index (κ3) is 6.18. The Balaban J connectivity index is 2.22. The van der Waals surface area contributed by atoms with Crippen molar-refractivity contribution < 1.29 is 24.2 Å². The molecule has 0 radical (unpaired) electrons. The van der Waals surface area contributed by atoms with Gasteiger partial charge >= 0.3 is 18.1 Å². The fraction of sp³-hybridized carbons (Fsp3) is 0.444. The van der Waals surface area contributed by atoms with Crippen molar-refractivity contribution >= 4 is 18.1 Å². The van der Waals surface area contributed by atoms with Crippen LogP contribution in [-0.2, 0) is 22.6 Å². The molecule has 1 rings (SSSR count). The molecule has 0 aliphatic carbocycles. The Morgan fingerprint density at radius 1 is 1.40 bits per heavy atom. The standard InChI is InChI=1S/C9H14N6O5/c10-8(18)20-2-1-11-9(19)12-3-6-4-15(14-13-6)5-7(16)17/h4H,1-3,5H2,(H2,10,18)(H,16,17)(H2,11,12,19). The lowest BCUT2D eigenvalue weighted by Gasteiger charge is -2.05. The van der Waals surface area contributed by atoms with Crippen LogP contribution in [0.15, 0.2) is 6.20 Å². The highest BCUT2D eigenvalue weighted by atomic mass is 16.5. The number of rotatable bonds is 7. The van der Waals surface area contributed by atoms with Crippen LogP contribution in [0.5, 0.6) is 0 Å². The summed E-state index contributed by atoms with van der Waals surface area (Å²) in [7, 11) is 0.